The first-order valence-electron chi connectivity index (χ1n) is 11.8. The molecule has 0 unspecified atom stereocenters. The maximum absolute atomic E-state index is 12.5. The van der Waals surface area contributed by atoms with Gasteiger partial charge >= 0.3 is 12.1 Å². The maximum atomic E-state index is 12.5. The lowest BCUT2D eigenvalue weighted by molar-refractivity contribution is -0.143. The molecule has 2 fully saturated rings. The third-order valence-corrected chi connectivity index (χ3v) is 7.91. The Morgan fingerprint density at radius 1 is 1.12 bits per heavy atom. The standard InChI is InChI=1S/C25H32N2O5S/c1-16-22(15-31-25(30)27(2)19-7-3-4-8-19)23(33-26-16)17-10-12-20(13-11-17)32-21-9-5-6-18(14-21)24(28)29/h10-13,18-19,21H,3-9,14-15H2,1-2H3,(H,28,29)/t18-,21-/m0/s1. The Labute approximate surface area is 198 Å². The van der Waals surface area contributed by atoms with E-state index in [0.29, 0.717) is 6.42 Å². The van der Waals surface area contributed by atoms with E-state index in [4.69, 9.17) is 9.47 Å². The van der Waals surface area contributed by atoms with Crippen LogP contribution in [0.2, 0.25) is 0 Å². The first kappa shape index (κ1) is 23.5. The number of hydrogen-bond acceptors (Lipinski definition) is 6. The normalized spacial score (nSPS) is 21.0. The average molecular weight is 473 g/mol. The molecule has 0 radical (unpaired) electrons. The van der Waals surface area contributed by atoms with Crippen LogP contribution in [0.25, 0.3) is 10.4 Å². The Bertz CT molecular complexity index is 968. The Morgan fingerprint density at radius 2 is 1.85 bits per heavy atom. The van der Waals surface area contributed by atoms with Crippen LogP contribution in [0.3, 0.4) is 0 Å². The lowest BCUT2D eigenvalue weighted by Gasteiger charge is -2.27. The van der Waals surface area contributed by atoms with E-state index in [1.165, 1.54) is 24.4 Å². The highest BCUT2D eigenvalue weighted by molar-refractivity contribution is 7.09. The molecule has 0 spiro atoms. The van der Waals surface area contributed by atoms with Crippen molar-refractivity contribution in [1.82, 2.24) is 9.27 Å². The van der Waals surface area contributed by atoms with E-state index >= 15 is 0 Å². The van der Waals surface area contributed by atoms with E-state index < -0.39 is 5.97 Å². The Morgan fingerprint density at radius 3 is 2.55 bits per heavy atom. The quantitative estimate of drug-likeness (QED) is 0.560. The summed E-state index contributed by atoms with van der Waals surface area (Å²) in [6.45, 7) is 2.13. The van der Waals surface area contributed by atoms with E-state index in [1.807, 2.05) is 38.2 Å². The number of hydrogen-bond donors (Lipinski definition) is 1. The van der Waals surface area contributed by atoms with E-state index in [1.54, 1.807) is 4.90 Å². The van der Waals surface area contributed by atoms with E-state index in [0.717, 1.165) is 59.6 Å². The molecule has 8 heteroatoms. The summed E-state index contributed by atoms with van der Waals surface area (Å²) in [5, 5.41) is 9.28. The van der Waals surface area contributed by atoms with Crippen molar-refractivity contribution in [2.24, 2.45) is 5.92 Å². The van der Waals surface area contributed by atoms with Gasteiger partial charge in [0.1, 0.15) is 12.4 Å². The lowest BCUT2D eigenvalue weighted by Crippen LogP contribution is -2.35. The number of benzene rings is 1. The molecule has 2 atom stereocenters. The Kier molecular flexibility index (Phi) is 7.53. The summed E-state index contributed by atoms with van der Waals surface area (Å²) in [7, 11) is 1.82. The summed E-state index contributed by atoms with van der Waals surface area (Å²) in [5.74, 6) is -0.315. The third-order valence-electron chi connectivity index (χ3n) is 6.88. The number of amides is 1. The molecule has 178 valence electrons. The zero-order chi connectivity index (χ0) is 23.4. The minimum Gasteiger partial charge on any atom is -0.490 e. The highest BCUT2D eigenvalue weighted by Gasteiger charge is 2.28. The zero-order valence-corrected chi connectivity index (χ0v) is 20.1. The largest absolute Gasteiger partial charge is 0.490 e. The van der Waals surface area contributed by atoms with Gasteiger partial charge in [-0.2, -0.15) is 4.37 Å². The van der Waals surface area contributed by atoms with Crippen LogP contribution >= 0.6 is 11.5 Å². The number of carbonyl (C=O) groups excluding carboxylic acids is 1. The van der Waals surface area contributed by atoms with E-state index in [2.05, 4.69) is 4.37 Å². The summed E-state index contributed by atoms with van der Waals surface area (Å²) in [5.41, 5.74) is 2.79. The second kappa shape index (κ2) is 10.5. The van der Waals surface area contributed by atoms with Crippen molar-refractivity contribution in [2.75, 3.05) is 7.05 Å². The lowest BCUT2D eigenvalue weighted by atomic mass is 9.87. The van der Waals surface area contributed by atoms with Crippen molar-refractivity contribution in [1.29, 1.82) is 0 Å². The van der Waals surface area contributed by atoms with Crippen molar-refractivity contribution in [3.05, 3.63) is 35.5 Å². The predicted molar refractivity (Wildman–Crippen MR) is 127 cm³/mol. The highest BCUT2D eigenvalue weighted by atomic mass is 32.1. The van der Waals surface area contributed by atoms with Gasteiger partial charge in [-0.05, 0) is 86.8 Å². The number of carboxylic acids is 1. The second-order valence-electron chi connectivity index (χ2n) is 9.15. The van der Waals surface area contributed by atoms with Gasteiger partial charge in [0.25, 0.3) is 0 Å². The molecule has 1 heterocycles. The number of aliphatic carboxylic acids is 1. The predicted octanol–water partition coefficient (Wildman–Crippen LogP) is 5.65. The summed E-state index contributed by atoms with van der Waals surface area (Å²) >= 11 is 1.40. The fraction of sp³-hybridized carbons (Fsp3) is 0.560. The number of aryl methyl sites for hydroxylation is 1. The van der Waals surface area contributed by atoms with Crippen LogP contribution in [-0.4, -0.2) is 45.6 Å². The summed E-state index contributed by atoms with van der Waals surface area (Å²) in [6.07, 6.45) is 7.10. The molecule has 7 nitrogen and oxygen atoms in total. The number of ether oxygens (including phenoxy) is 2. The molecule has 2 aliphatic carbocycles. The maximum Gasteiger partial charge on any atom is 0.410 e. The summed E-state index contributed by atoms with van der Waals surface area (Å²) in [4.78, 5) is 26.5. The fourth-order valence-corrected chi connectivity index (χ4v) is 5.71. The van der Waals surface area contributed by atoms with Crippen molar-refractivity contribution in [3.8, 4) is 16.2 Å². The molecule has 1 N–H and O–H groups in total. The van der Waals surface area contributed by atoms with Crippen LogP contribution in [0, 0.1) is 12.8 Å². The molecule has 0 bridgehead atoms. The van der Waals surface area contributed by atoms with Gasteiger partial charge in [-0.1, -0.05) is 12.8 Å². The topological polar surface area (TPSA) is 89.0 Å². The Balaban J connectivity index is 1.38. The van der Waals surface area contributed by atoms with Gasteiger partial charge in [-0.15, -0.1) is 0 Å². The molecule has 2 saturated carbocycles. The molecular formula is C25H32N2O5S. The van der Waals surface area contributed by atoms with Crippen LogP contribution in [0.4, 0.5) is 4.79 Å². The number of carbonyl (C=O) groups is 2. The van der Waals surface area contributed by atoms with Crippen LogP contribution < -0.4 is 4.74 Å². The van der Waals surface area contributed by atoms with Crippen LogP contribution in [0.5, 0.6) is 5.75 Å². The molecule has 1 amide bonds. The summed E-state index contributed by atoms with van der Waals surface area (Å²) < 4.78 is 16.2. The minimum absolute atomic E-state index is 0.0665. The first-order valence-corrected chi connectivity index (χ1v) is 12.5. The van der Waals surface area contributed by atoms with E-state index in [9.17, 15) is 14.7 Å². The molecule has 1 aromatic carbocycles. The molecular weight excluding hydrogens is 440 g/mol. The SMILES string of the molecule is Cc1nsc(-c2ccc(O[C@H]3CCC[C@H](C(=O)O)C3)cc2)c1COC(=O)N(C)C1CCCC1. The number of aromatic nitrogens is 1. The van der Waals surface area contributed by atoms with Gasteiger partial charge < -0.3 is 19.5 Å². The van der Waals surface area contributed by atoms with Gasteiger partial charge in [-0.3, -0.25) is 4.79 Å². The van der Waals surface area contributed by atoms with E-state index in [-0.39, 0.29) is 30.8 Å². The number of rotatable bonds is 7. The monoisotopic (exact) mass is 472 g/mol. The van der Waals surface area contributed by atoms with Gasteiger partial charge in [0.05, 0.1) is 22.6 Å². The van der Waals surface area contributed by atoms with Gasteiger partial charge in [0, 0.05) is 18.7 Å². The molecule has 0 saturated heterocycles. The van der Waals surface area contributed by atoms with Crippen LogP contribution in [0.15, 0.2) is 24.3 Å². The average Bonchev–Trinajstić information content (AvgIpc) is 3.48. The number of carboxylic acid groups (broad SMARTS) is 1. The highest BCUT2D eigenvalue weighted by Crippen LogP contribution is 2.34. The van der Waals surface area contributed by atoms with Crippen molar-refractivity contribution >= 4 is 23.6 Å². The minimum atomic E-state index is -0.734. The summed E-state index contributed by atoms with van der Waals surface area (Å²) in [6, 6.07) is 8.07. The molecule has 33 heavy (non-hydrogen) atoms. The molecule has 2 aromatic rings. The fourth-order valence-electron chi connectivity index (χ4n) is 4.82. The molecule has 2 aliphatic rings. The zero-order valence-electron chi connectivity index (χ0n) is 19.3. The first-order chi connectivity index (χ1) is 15.9. The van der Waals surface area contributed by atoms with Gasteiger partial charge in [0.2, 0.25) is 0 Å². The van der Waals surface area contributed by atoms with Crippen LogP contribution in [-0.2, 0) is 16.1 Å². The Hall–Kier alpha value is -2.61. The molecule has 4 rings (SSSR count). The van der Waals surface area contributed by atoms with Crippen molar-refractivity contribution in [3.63, 3.8) is 0 Å². The molecule has 1 aromatic heterocycles. The van der Waals surface area contributed by atoms with Crippen molar-refractivity contribution < 1.29 is 24.2 Å². The smallest absolute Gasteiger partial charge is 0.410 e. The molecule has 0 aliphatic heterocycles. The second-order valence-corrected chi connectivity index (χ2v) is 9.92. The van der Waals surface area contributed by atoms with Crippen molar-refractivity contribution in [2.45, 2.75) is 77.0 Å². The third kappa shape index (κ3) is 5.66. The van der Waals surface area contributed by atoms with Crippen LogP contribution in [0.1, 0.15) is 62.6 Å². The number of nitrogens with zero attached hydrogens (tertiary/aromatic N) is 2. The van der Waals surface area contributed by atoms with Gasteiger partial charge in [0.15, 0.2) is 0 Å². The van der Waals surface area contributed by atoms with Gasteiger partial charge in [-0.25, -0.2) is 4.79 Å².